The van der Waals surface area contributed by atoms with Crippen LogP contribution >= 0.6 is 0 Å². The van der Waals surface area contributed by atoms with E-state index in [0.29, 0.717) is 23.0 Å². The molecule has 108 valence electrons. The van der Waals surface area contributed by atoms with Gasteiger partial charge in [-0.2, -0.15) is 0 Å². The maximum absolute atomic E-state index is 12.0. The summed E-state index contributed by atoms with van der Waals surface area (Å²) in [6.45, 7) is 3.55. The zero-order valence-corrected chi connectivity index (χ0v) is 11.6. The minimum atomic E-state index is -0.307. The van der Waals surface area contributed by atoms with E-state index in [-0.39, 0.29) is 11.1 Å². The van der Waals surface area contributed by atoms with Gasteiger partial charge in [-0.05, 0) is 31.2 Å². The summed E-state index contributed by atoms with van der Waals surface area (Å²) in [5.41, 5.74) is 1.17. The topological polar surface area (TPSA) is 82.7 Å². The molecule has 0 atom stereocenters. The Labute approximate surface area is 120 Å². The molecule has 0 amide bonds. The molecule has 2 heterocycles. The average Bonchev–Trinajstić information content (AvgIpc) is 2.96. The predicted molar refractivity (Wildman–Crippen MR) is 82.6 cm³/mol. The Kier molecular flexibility index (Phi) is 3.35. The molecule has 6 heteroatoms. The van der Waals surface area contributed by atoms with Crippen LogP contribution in [0.15, 0.2) is 46.1 Å². The summed E-state index contributed by atoms with van der Waals surface area (Å²) in [5, 5.41) is 8.70. The molecule has 3 aromatic rings. The van der Waals surface area contributed by atoms with Crippen molar-refractivity contribution in [1.29, 1.82) is 0 Å². The second-order valence-corrected chi connectivity index (χ2v) is 4.78. The van der Waals surface area contributed by atoms with Crippen LogP contribution in [-0.2, 0) is 13.1 Å². The number of nitrogens with one attached hydrogen (secondary N) is 3. The number of aromatic amines is 2. The van der Waals surface area contributed by atoms with Gasteiger partial charge in [0.25, 0.3) is 11.1 Å². The number of fused-ring (bicyclic) bond motifs is 1. The van der Waals surface area contributed by atoms with Crippen LogP contribution in [0.1, 0.15) is 12.6 Å². The minimum Gasteiger partial charge on any atom is -0.379 e. The van der Waals surface area contributed by atoms with Crippen molar-refractivity contribution >= 4 is 16.5 Å². The molecular formula is C15H16N4O2. The number of rotatable bonds is 4. The van der Waals surface area contributed by atoms with Crippen molar-refractivity contribution in [2.45, 2.75) is 20.0 Å². The number of H-pyrrole nitrogens is 2. The molecule has 0 bridgehead atoms. The van der Waals surface area contributed by atoms with Crippen LogP contribution in [0.3, 0.4) is 0 Å². The van der Waals surface area contributed by atoms with Crippen molar-refractivity contribution in [1.82, 2.24) is 14.8 Å². The smallest absolute Gasteiger partial charge is 0.272 e. The van der Waals surface area contributed by atoms with E-state index in [9.17, 15) is 9.59 Å². The van der Waals surface area contributed by atoms with Gasteiger partial charge in [0.15, 0.2) is 0 Å². The molecule has 0 aliphatic heterocycles. The van der Waals surface area contributed by atoms with E-state index in [1.165, 1.54) is 0 Å². The zero-order chi connectivity index (χ0) is 14.8. The van der Waals surface area contributed by atoms with Crippen molar-refractivity contribution in [3.63, 3.8) is 0 Å². The molecule has 3 N–H and O–H groups in total. The van der Waals surface area contributed by atoms with E-state index in [1.807, 2.05) is 18.3 Å². The molecule has 0 saturated carbocycles. The van der Waals surface area contributed by atoms with Gasteiger partial charge in [0.1, 0.15) is 0 Å². The fourth-order valence-electron chi connectivity index (χ4n) is 2.48. The third-order valence-corrected chi connectivity index (χ3v) is 3.55. The normalized spacial score (nSPS) is 10.9. The van der Waals surface area contributed by atoms with Crippen LogP contribution in [0.5, 0.6) is 0 Å². The van der Waals surface area contributed by atoms with Crippen LogP contribution in [0, 0.1) is 0 Å². The number of nitrogens with zero attached hydrogens (tertiary/aromatic N) is 1. The molecule has 1 aromatic carbocycles. The van der Waals surface area contributed by atoms with Crippen LogP contribution in [0.2, 0.25) is 0 Å². The maximum Gasteiger partial charge on any atom is 0.272 e. The highest BCUT2D eigenvalue weighted by molar-refractivity contribution is 5.92. The number of hydrogen-bond donors (Lipinski definition) is 3. The summed E-state index contributed by atoms with van der Waals surface area (Å²) in [5.74, 6) is 0. The van der Waals surface area contributed by atoms with Crippen LogP contribution in [0.25, 0.3) is 10.8 Å². The Morgan fingerprint density at radius 2 is 1.90 bits per heavy atom. The molecule has 0 aliphatic rings. The molecule has 0 fully saturated rings. The molecule has 21 heavy (non-hydrogen) atoms. The molecule has 0 radical (unpaired) electrons. The van der Waals surface area contributed by atoms with Gasteiger partial charge >= 0.3 is 0 Å². The highest BCUT2D eigenvalue weighted by Gasteiger charge is 2.08. The van der Waals surface area contributed by atoms with Gasteiger partial charge in [0.2, 0.25) is 0 Å². The molecule has 0 unspecified atom stereocenters. The maximum atomic E-state index is 12.0. The molecule has 0 spiro atoms. The lowest BCUT2D eigenvalue weighted by Gasteiger charge is -2.10. The molecule has 0 aliphatic carbocycles. The van der Waals surface area contributed by atoms with E-state index in [0.717, 1.165) is 12.2 Å². The standard InChI is InChI=1S/C15H16N4O2/c1-2-19-8-4-5-10(19)9-16-12-7-3-6-11-13(12)15(21)18-17-14(11)20/h3-8,16H,2,9H2,1H3,(H,17,20)(H,18,21). The second-order valence-electron chi connectivity index (χ2n) is 4.78. The van der Waals surface area contributed by atoms with Crippen LogP contribution < -0.4 is 16.4 Å². The lowest BCUT2D eigenvalue weighted by Crippen LogP contribution is -2.20. The lowest BCUT2D eigenvalue weighted by atomic mass is 10.1. The monoisotopic (exact) mass is 284 g/mol. The zero-order valence-electron chi connectivity index (χ0n) is 11.6. The average molecular weight is 284 g/mol. The molecule has 3 rings (SSSR count). The summed E-state index contributed by atoms with van der Waals surface area (Å²) < 4.78 is 2.12. The highest BCUT2D eigenvalue weighted by Crippen LogP contribution is 2.17. The highest BCUT2D eigenvalue weighted by atomic mass is 16.1. The SMILES string of the molecule is CCn1cccc1CNc1cccc2c(=O)[nH][nH]c(=O)c12. The first-order valence-corrected chi connectivity index (χ1v) is 6.82. The second kappa shape index (κ2) is 5.32. The van der Waals surface area contributed by atoms with Gasteiger partial charge in [-0.15, -0.1) is 0 Å². The van der Waals surface area contributed by atoms with Crippen molar-refractivity contribution in [2.75, 3.05) is 5.32 Å². The first-order valence-electron chi connectivity index (χ1n) is 6.82. The van der Waals surface area contributed by atoms with Gasteiger partial charge in [-0.3, -0.25) is 19.8 Å². The Hall–Kier alpha value is -2.76. The van der Waals surface area contributed by atoms with Crippen LogP contribution in [-0.4, -0.2) is 14.8 Å². The van der Waals surface area contributed by atoms with Gasteiger partial charge in [0, 0.05) is 24.1 Å². The van der Waals surface area contributed by atoms with Crippen molar-refractivity contribution in [3.8, 4) is 0 Å². The summed E-state index contributed by atoms with van der Waals surface area (Å²) in [4.78, 5) is 23.7. The Morgan fingerprint density at radius 1 is 1.10 bits per heavy atom. The Morgan fingerprint density at radius 3 is 2.71 bits per heavy atom. The Balaban J connectivity index is 2.00. The lowest BCUT2D eigenvalue weighted by molar-refractivity contribution is 0.724. The van der Waals surface area contributed by atoms with Gasteiger partial charge < -0.3 is 9.88 Å². The number of aromatic nitrogens is 3. The number of anilines is 1. The number of aryl methyl sites for hydroxylation is 1. The predicted octanol–water partition coefficient (Wildman–Crippen LogP) is 1.65. The molecule has 2 aromatic heterocycles. The Bertz CT molecular complexity index is 888. The van der Waals surface area contributed by atoms with Crippen molar-refractivity contribution in [2.24, 2.45) is 0 Å². The quantitative estimate of drug-likeness (QED) is 0.681. The fraction of sp³-hybridized carbons (Fsp3) is 0.200. The summed E-state index contributed by atoms with van der Waals surface area (Å²) >= 11 is 0. The van der Waals surface area contributed by atoms with Crippen molar-refractivity contribution in [3.05, 3.63) is 62.9 Å². The first kappa shape index (κ1) is 13.2. The fourth-order valence-corrected chi connectivity index (χ4v) is 2.48. The van der Waals surface area contributed by atoms with E-state index >= 15 is 0 Å². The molecule has 0 saturated heterocycles. The van der Waals surface area contributed by atoms with Gasteiger partial charge in [-0.1, -0.05) is 6.07 Å². The first-order chi connectivity index (χ1) is 10.2. The minimum absolute atomic E-state index is 0.301. The number of benzene rings is 1. The summed E-state index contributed by atoms with van der Waals surface area (Å²) in [6.07, 6.45) is 2.01. The van der Waals surface area contributed by atoms with Crippen LogP contribution in [0.4, 0.5) is 5.69 Å². The number of hydrogen-bond acceptors (Lipinski definition) is 3. The van der Waals surface area contributed by atoms with E-state index in [1.54, 1.807) is 18.2 Å². The summed E-state index contributed by atoms with van der Waals surface area (Å²) in [7, 11) is 0. The van der Waals surface area contributed by atoms with E-state index in [2.05, 4.69) is 27.0 Å². The largest absolute Gasteiger partial charge is 0.379 e. The third kappa shape index (κ3) is 2.35. The van der Waals surface area contributed by atoms with Crippen molar-refractivity contribution < 1.29 is 0 Å². The van der Waals surface area contributed by atoms with Gasteiger partial charge in [0.05, 0.1) is 17.3 Å². The molecule has 6 nitrogen and oxygen atoms in total. The third-order valence-electron chi connectivity index (χ3n) is 3.55. The molecular weight excluding hydrogens is 268 g/mol. The van der Waals surface area contributed by atoms with Gasteiger partial charge in [-0.25, -0.2) is 0 Å². The van der Waals surface area contributed by atoms with E-state index in [4.69, 9.17) is 0 Å². The van der Waals surface area contributed by atoms with E-state index < -0.39 is 0 Å². The summed E-state index contributed by atoms with van der Waals surface area (Å²) in [6, 6.07) is 9.22.